The summed E-state index contributed by atoms with van der Waals surface area (Å²) in [5.41, 5.74) is -4.15. The first-order chi connectivity index (χ1) is 8.72. The molecule has 0 aliphatic rings. The van der Waals surface area contributed by atoms with Crippen LogP contribution in [0.15, 0.2) is 12.1 Å². The third-order valence-electron chi connectivity index (χ3n) is 2.16. The van der Waals surface area contributed by atoms with E-state index in [1.54, 1.807) is 0 Å². The molecule has 1 aromatic rings. The Morgan fingerprint density at radius 2 is 2.05 bits per heavy atom. The zero-order chi connectivity index (χ0) is 14.8. The molecule has 1 rings (SSSR count). The van der Waals surface area contributed by atoms with E-state index < -0.39 is 39.4 Å². The molecule has 0 N–H and O–H groups in total. The second kappa shape index (κ2) is 4.93. The van der Waals surface area contributed by atoms with Crippen LogP contribution < -0.4 is 0 Å². The summed E-state index contributed by atoms with van der Waals surface area (Å²) in [4.78, 5) is 20.8. The molecule has 0 spiro atoms. The van der Waals surface area contributed by atoms with Crippen molar-refractivity contribution in [1.29, 1.82) is 5.26 Å². The summed E-state index contributed by atoms with van der Waals surface area (Å²) in [5, 5.41) is 19.2. The monoisotopic (exact) mass is 274 g/mol. The van der Waals surface area contributed by atoms with Gasteiger partial charge in [0.15, 0.2) is 0 Å². The highest BCUT2D eigenvalue weighted by atomic mass is 19.4. The van der Waals surface area contributed by atoms with Gasteiger partial charge in [0.2, 0.25) is 0 Å². The first-order valence-corrected chi connectivity index (χ1v) is 4.60. The Kier molecular flexibility index (Phi) is 3.75. The Morgan fingerprint density at radius 3 is 2.42 bits per heavy atom. The molecule has 0 unspecified atom stereocenters. The van der Waals surface area contributed by atoms with Crippen LogP contribution >= 0.6 is 0 Å². The highest BCUT2D eigenvalue weighted by Gasteiger charge is 2.38. The molecule has 0 bridgehead atoms. The summed E-state index contributed by atoms with van der Waals surface area (Å²) in [6.45, 7) is 0. The third-order valence-corrected chi connectivity index (χ3v) is 2.16. The van der Waals surface area contributed by atoms with Gasteiger partial charge < -0.3 is 4.74 Å². The zero-order valence-corrected chi connectivity index (χ0v) is 9.32. The van der Waals surface area contributed by atoms with Gasteiger partial charge >= 0.3 is 12.1 Å². The van der Waals surface area contributed by atoms with Crippen molar-refractivity contribution in [3.05, 3.63) is 38.9 Å². The number of nitrogens with zero attached hydrogens (tertiary/aromatic N) is 2. The third kappa shape index (κ3) is 2.79. The number of rotatable bonds is 2. The molecule has 0 aliphatic heterocycles. The molecular weight excluding hydrogens is 269 g/mol. The minimum Gasteiger partial charge on any atom is -0.465 e. The molecule has 9 heteroatoms. The molecule has 19 heavy (non-hydrogen) atoms. The van der Waals surface area contributed by atoms with E-state index in [1.807, 2.05) is 0 Å². The number of carbonyl (C=O) groups is 1. The van der Waals surface area contributed by atoms with Gasteiger partial charge in [0.1, 0.15) is 11.6 Å². The van der Waals surface area contributed by atoms with E-state index in [4.69, 9.17) is 5.26 Å². The van der Waals surface area contributed by atoms with Crippen LogP contribution in [0.2, 0.25) is 0 Å². The van der Waals surface area contributed by atoms with Crippen molar-refractivity contribution in [3.63, 3.8) is 0 Å². The lowest BCUT2D eigenvalue weighted by Crippen LogP contribution is -2.15. The standard InChI is InChI=1S/C10H5F3N2O4/c1-19-9(16)6-3-8(15(17)18)5(4-14)2-7(6)10(11,12)13/h2-3H,1H3. The number of ether oxygens (including phenoxy) is 1. The predicted octanol–water partition coefficient (Wildman–Crippen LogP) is 2.27. The van der Waals surface area contributed by atoms with Crippen LogP contribution in [0.3, 0.4) is 0 Å². The molecule has 1 aromatic carbocycles. The molecular formula is C10H5F3N2O4. The maximum Gasteiger partial charge on any atom is 0.417 e. The van der Waals surface area contributed by atoms with E-state index in [0.717, 1.165) is 7.11 Å². The lowest BCUT2D eigenvalue weighted by molar-refractivity contribution is -0.385. The van der Waals surface area contributed by atoms with Crippen molar-refractivity contribution in [2.75, 3.05) is 7.11 Å². The number of nitriles is 1. The van der Waals surface area contributed by atoms with Gasteiger partial charge in [0, 0.05) is 6.07 Å². The number of nitro groups is 1. The number of methoxy groups -OCH3 is 1. The predicted molar refractivity (Wildman–Crippen MR) is 54.2 cm³/mol. The van der Waals surface area contributed by atoms with Crippen molar-refractivity contribution >= 4 is 11.7 Å². The van der Waals surface area contributed by atoms with E-state index in [9.17, 15) is 28.1 Å². The van der Waals surface area contributed by atoms with Crippen LogP contribution in [-0.2, 0) is 10.9 Å². The summed E-state index contributed by atoms with van der Waals surface area (Å²) in [6.07, 6.45) is -4.94. The quantitative estimate of drug-likeness (QED) is 0.468. The average Bonchev–Trinajstić information content (AvgIpc) is 2.34. The van der Waals surface area contributed by atoms with Gasteiger partial charge in [-0.25, -0.2) is 4.79 Å². The Hall–Kier alpha value is -2.63. The molecule has 0 fully saturated rings. The summed E-state index contributed by atoms with van der Waals surface area (Å²) in [5.74, 6) is -1.38. The van der Waals surface area contributed by atoms with Crippen molar-refractivity contribution in [2.45, 2.75) is 6.18 Å². The fourth-order valence-electron chi connectivity index (χ4n) is 1.34. The lowest BCUT2D eigenvalue weighted by atomic mass is 10.0. The van der Waals surface area contributed by atoms with Crippen molar-refractivity contribution in [3.8, 4) is 6.07 Å². The van der Waals surface area contributed by atoms with Crippen LogP contribution in [-0.4, -0.2) is 18.0 Å². The van der Waals surface area contributed by atoms with Gasteiger partial charge in [0.25, 0.3) is 5.69 Å². The van der Waals surface area contributed by atoms with Gasteiger partial charge in [0.05, 0.1) is 23.2 Å². The van der Waals surface area contributed by atoms with Crippen LogP contribution in [0.1, 0.15) is 21.5 Å². The number of esters is 1. The molecule has 0 saturated carbocycles. The van der Waals surface area contributed by atoms with E-state index in [2.05, 4.69) is 4.74 Å². The first kappa shape index (κ1) is 14.4. The first-order valence-electron chi connectivity index (χ1n) is 4.60. The molecule has 6 nitrogen and oxygen atoms in total. The van der Waals surface area contributed by atoms with Gasteiger partial charge in [-0.1, -0.05) is 0 Å². The minimum absolute atomic E-state index is 0.254. The summed E-state index contributed by atoms with van der Waals surface area (Å²) in [6, 6.07) is 1.92. The molecule has 100 valence electrons. The number of alkyl halides is 3. The van der Waals surface area contributed by atoms with E-state index in [-0.39, 0.29) is 6.07 Å². The van der Waals surface area contributed by atoms with Crippen LogP contribution in [0.25, 0.3) is 0 Å². The van der Waals surface area contributed by atoms with Crippen LogP contribution in [0.5, 0.6) is 0 Å². The van der Waals surface area contributed by atoms with Gasteiger partial charge in [-0.2, -0.15) is 18.4 Å². The number of halogens is 3. The van der Waals surface area contributed by atoms with Crippen molar-refractivity contribution in [2.24, 2.45) is 0 Å². The molecule has 0 atom stereocenters. The molecule has 0 aliphatic carbocycles. The van der Waals surface area contributed by atoms with Crippen LogP contribution in [0.4, 0.5) is 18.9 Å². The summed E-state index contributed by atoms with van der Waals surface area (Å²) >= 11 is 0. The number of nitro benzene ring substituents is 1. The van der Waals surface area contributed by atoms with Gasteiger partial charge in [-0.15, -0.1) is 0 Å². The zero-order valence-electron chi connectivity index (χ0n) is 9.32. The Labute approximate surface area is 104 Å². The van der Waals surface area contributed by atoms with Gasteiger partial charge in [-0.3, -0.25) is 10.1 Å². The number of hydrogen-bond donors (Lipinski definition) is 0. The Morgan fingerprint density at radius 1 is 1.47 bits per heavy atom. The summed E-state index contributed by atoms with van der Waals surface area (Å²) in [7, 11) is 0.840. The summed E-state index contributed by atoms with van der Waals surface area (Å²) < 4.78 is 42.3. The fraction of sp³-hybridized carbons (Fsp3) is 0.200. The molecule has 0 saturated heterocycles. The normalized spacial score (nSPS) is 10.7. The maximum absolute atomic E-state index is 12.7. The number of hydrogen-bond acceptors (Lipinski definition) is 5. The molecule has 0 radical (unpaired) electrons. The second-order valence-corrected chi connectivity index (χ2v) is 3.27. The van der Waals surface area contributed by atoms with Crippen molar-refractivity contribution < 1.29 is 27.6 Å². The van der Waals surface area contributed by atoms with E-state index >= 15 is 0 Å². The van der Waals surface area contributed by atoms with E-state index in [0.29, 0.717) is 6.07 Å². The largest absolute Gasteiger partial charge is 0.465 e. The Bertz CT molecular complexity index is 590. The Balaban J connectivity index is 3.69. The minimum atomic E-state index is -4.94. The molecule has 0 aromatic heterocycles. The number of carbonyl (C=O) groups excluding carboxylic acids is 1. The topological polar surface area (TPSA) is 93.2 Å². The highest BCUT2D eigenvalue weighted by Crippen LogP contribution is 2.35. The smallest absolute Gasteiger partial charge is 0.417 e. The van der Waals surface area contributed by atoms with Crippen molar-refractivity contribution in [1.82, 2.24) is 0 Å². The lowest BCUT2D eigenvalue weighted by Gasteiger charge is -2.11. The second-order valence-electron chi connectivity index (χ2n) is 3.27. The average molecular weight is 274 g/mol. The maximum atomic E-state index is 12.7. The van der Waals surface area contributed by atoms with Gasteiger partial charge in [-0.05, 0) is 6.07 Å². The SMILES string of the molecule is COC(=O)c1cc([N+](=O)[O-])c(C#N)cc1C(F)(F)F. The molecule has 0 amide bonds. The fourth-order valence-corrected chi connectivity index (χ4v) is 1.34. The van der Waals surface area contributed by atoms with Crippen LogP contribution in [0, 0.1) is 21.4 Å². The number of benzene rings is 1. The van der Waals surface area contributed by atoms with E-state index in [1.165, 1.54) is 6.07 Å². The molecule has 0 heterocycles. The highest BCUT2D eigenvalue weighted by molar-refractivity contribution is 5.92.